The number of aliphatic hydroxyl groups excluding tert-OH is 1. The van der Waals surface area contributed by atoms with E-state index in [2.05, 4.69) is 10.1 Å². The van der Waals surface area contributed by atoms with Crippen molar-refractivity contribution in [1.29, 1.82) is 0 Å². The van der Waals surface area contributed by atoms with Crippen LogP contribution in [0.25, 0.3) is 0 Å². The van der Waals surface area contributed by atoms with Crippen LogP contribution >= 0.6 is 0 Å². The number of hydrogen-bond donors (Lipinski definition) is 2. The van der Waals surface area contributed by atoms with E-state index in [9.17, 15) is 14.7 Å². The average Bonchev–Trinajstić information content (AvgIpc) is 2.45. The Morgan fingerprint density at radius 1 is 1.30 bits per heavy atom. The first-order valence-corrected chi connectivity index (χ1v) is 6.26. The fraction of sp³-hybridized carbons (Fsp3) is 0.429. The number of amides is 1. The summed E-state index contributed by atoms with van der Waals surface area (Å²) in [5.41, 5.74) is 0.880. The van der Waals surface area contributed by atoms with Crippen molar-refractivity contribution in [2.75, 3.05) is 7.11 Å². The van der Waals surface area contributed by atoms with Crippen LogP contribution < -0.4 is 5.32 Å². The summed E-state index contributed by atoms with van der Waals surface area (Å²) in [7, 11) is 1.19. The molecule has 1 aromatic rings. The zero-order chi connectivity index (χ0) is 15.0. The maximum Gasteiger partial charge on any atom is 0.407 e. The Balaban J connectivity index is 2.29. The van der Waals surface area contributed by atoms with Crippen molar-refractivity contribution >= 4 is 12.1 Å². The van der Waals surface area contributed by atoms with Gasteiger partial charge in [0.15, 0.2) is 6.10 Å². The predicted molar refractivity (Wildman–Crippen MR) is 71.9 cm³/mol. The Morgan fingerprint density at radius 2 is 1.95 bits per heavy atom. The normalized spacial score (nSPS) is 13.2. The van der Waals surface area contributed by atoms with Crippen molar-refractivity contribution in [2.24, 2.45) is 0 Å². The Bertz CT molecular complexity index is 434. The minimum absolute atomic E-state index is 0.0626. The summed E-state index contributed by atoms with van der Waals surface area (Å²) in [6.45, 7) is 1.83. The van der Waals surface area contributed by atoms with E-state index < -0.39 is 24.2 Å². The lowest BCUT2D eigenvalue weighted by molar-refractivity contribution is -0.150. The summed E-state index contributed by atoms with van der Waals surface area (Å²) >= 11 is 0. The molecule has 0 fully saturated rings. The lowest BCUT2D eigenvalue weighted by Gasteiger charge is -2.16. The Morgan fingerprint density at radius 3 is 2.55 bits per heavy atom. The molecule has 20 heavy (non-hydrogen) atoms. The third-order valence-corrected chi connectivity index (χ3v) is 2.63. The molecule has 1 amide bonds. The minimum atomic E-state index is -1.26. The summed E-state index contributed by atoms with van der Waals surface area (Å²) in [6, 6.07) is 8.86. The molecule has 0 spiro atoms. The molecule has 1 rings (SSSR count). The maximum atomic E-state index is 11.5. The second-order valence-corrected chi connectivity index (χ2v) is 4.38. The number of carbonyl (C=O) groups is 2. The lowest BCUT2D eigenvalue weighted by atomic mass is 10.1. The van der Waals surface area contributed by atoms with E-state index in [1.165, 1.54) is 7.11 Å². The van der Waals surface area contributed by atoms with Crippen LogP contribution in [0.15, 0.2) is 30.3 Å². The van der Waals surface area contributed by atoms with Crippen molar-refractivity contribution in [2.45, 2.75) is 32.1 Å². The zero-order valence-corrected chi connectivity index (χ0v) is 11.5. The molecular formula is C14H19NO5. The predicted octanol–water partition coefficient (Wildman–Crippen LogP) is 1.23. The number of rotatable bonds is 6. The molecular weight excluding hydrogens is 262 g/mol. The number of aliphatic hydroxyl groups is 1. The zero-order valence-electron chi connectivity index (χ0n) is 11.5. The number of hydrogen-bond acceptors (Lipinski definition) is 5. The van der Waals surface area contributed by atoms with E-state index in [1.54, 1.807) is 6.92 Å². The highest BCUT2D eigenvalue weighted by Crippen LogP contribution is 2.03. The number of methoxy groups -OCH3 is 1. The summed E-state index contributed by atoms with van der Waals surface area (Å²) < 4.78 is 9.41. The van der Waals surface area contributed by atoms with Crippen molar-refractivity contribution in [3.8, 4) is 0 Å². The van der Waals surface area contributed by atoms with Gasteiger partial charge in [-0.1, -0.05) is 30.3 Å². The van der Waals surface area contributed by atoms with E-state index in [0.717, 1.165) is 5.56 Å². The lowest BCUT2D eigenvalue weighted by Crippen LogP contribution is -2.37. The van der Waals surface area contributed by atoms with Gasteiger partial charge in [-0.05, 0) is 12.5 Å². The van der Waals surface area contributed by atoms with Crippen LogP contribution in [0.1, 0.15) is 18.9 Å². The fourth-order valence-electron chi connectivity index (χ4n) is 1.59. The number of alkyl carbamates (subject to hydrolysis) is 1. The summed E-state index contributed by atoms with van der Waals surface area (Å²) in [5.74, 6) is -0.726. The highest BCUT2D eigenvalue weighted by Gasteiger charge is 2.20. The summed E-state index contributed by atoms with van der Waals surface area (Å²) in [5, 5.41) is 12.0. The average molecular weight is 281 g/mol. The van der Waals surface area contributed by atoms with Crippen LogP contribution in [0.5, 0.6) is 0 Å². The molecule has 6 nitrogen and oxygen atoms in total. The Hall–Kier alpha value is -2.08. The first-order chi connectivity index (χ1) is 9.52. The fourth-order valence-corrected chi connectivity index (χ4v) is 1.59. The smallest absolute Gasteiger partial charge is 0.407 e. The Kier molecular flexibility index (Phi) is 6.52. The van der Waals surface area contributed by atoms with Gasteiger partial charge in [-0.25, -0.2) is 9.59 Å². The van der Waals surface area contributed by atoms with E-state index in [4.69, 9.17) is 4.74 Å². The van der Waals surface area contributed by atoms with Crippen LogP contribution in [-0.4, -0.2) is 36.4 Å². The van der Waals surface area contributed by atoms with Crippen molar-refractivity contribution in [3.63, 3.8) is 0 Å². The Labute approximate surface area is 117 Å². The number of nitrogens with one attached hydrogen (secondary N) is 1. The second kappa shape index (κ2) is 8.16. The molecule has 1 aromatic carbocycles. The highest BCUT2D eigenvalue weighted by molar-refractivity contribution is 5.74. The molecule has 0 heterocycles. The summed E-state index contributed by atoms with van der Waals surface area (Å²) in [6.07, 6.45) is -1.80. The van der Waals surface area contributed by atoms with Crippen molar-refractivity contribution < 1.29 is 24.2 Å². The molecule has 6 heteroatoms. The van der Waals surface area contributed by atoms with Gasteiger partial charge in [-0.2, -0.15) is 0 Å². The van der Waals surface area contributed by atoms with Gasteiger partial charge in [0, 0.05) is 12.5 Å². The third kappa shape index (κ3) is 5.71. The van der Waals surface area contributed by atoms with Crippen LogP contribution in [0.2, 0.25) is 0 Å². The van der Waals surface area contributed by atoms with E-state index in [0.29, 0.717) is 0 Å². The van der Waals surface area contributed by atoms with E-state index in [1.807, 2.05) is 30.3 Å². The monoisotopic (exact) mass is 281 g/mol. The molecule has 0 saturated carbocycles. The number of benzene rings is 1. The van der Waals surface area contributed by atoms with Gasteiger partial charge in [0.25, 0.3) is 0 Å². The molecule has 0 bridgehead atoms. The van der Waals surface area contributed by atoms with Crippen LogP contribution in [0, 0.1) is 0 Å². The van der Waals surface area contributed by atoms with Crippen molar-refractivity contribution in [1.82, 2.24) is 5.32 Å². The quantitative estimate of drug-likeness (QED) is 0.766. The second-order valence-electron chi connectivity index (χ2n) is 4.38. The van der Waals surface area contributed by atoms with Gasteiger partial charge in [0.2, 0.25) is 0 Å². The number of esters is 1. The molecule has 0 saturated heterocycles. The molecule has 0 aliphatic heterocycles. The van der Waals surface area contributed by atoms with Gasteiger partial charge in [0.05, 0.1) is 7.11 Å². The first-order valence-electron chi connectivity index (χ1n) is 6.26. The van der Waals surface area contributed by atoms with Crippen molar-refractivity contribution in [3.05, 3.63) is 35.9 Å². The van der Waals surface area contributed by atoms with Gasteiger partial charge < -0.3 is 19.9 Å². The molecule has 2 atom stereocenters. The molecule has 0 aliphatic rings. The first kappa shape index (κ1) is 16.0. The maximum absolute atomic E-state index is 11.5. The standard InChI is InChI=1S/C14H19NO5/c1-10(8-12(16)13(17)19-2)15-14(18)20-9-11-6-4-3-5-7-11/h3-7,10,12,16H,8-9H2,1-2H3,(H,15,18)/t10-,12-/m0/s1. The van der Waals surface area contributed by atoms with Gasteiger partial charge in [-0.3, -0.25) is 0 Å². The molecule has 0 aromatic heterocycles. The third-order valence-electron chi connectivity index (χ3n) is 2.63. The number of carbonyl (C=O) groups excluding carboxylic acids is 2. The molecule has 0 aliphatic carbocycles. The van der Waals surface area contributed by atoms with Gasteiger partial charge >= 0.3 is 12.1 Å². The van der Waals surface area contributed by atoms with Gasteiger partial charge in [0.1, 0.15) is 6.61 Å². The number of ether oxygens (including phenoxy) is 2. The molecule has 0 radical (unpaired) electrons. The topological polar surface area (TPSA) is 84.9 Å². The highest BCUT2D eigenvalue weighted by atomic mass is 16.5. The summed E-state index contributed by atoms with van der Waals surface area (Å²) in [4.78, 5) is 22.5. The molecule has 110 valence electrons. The molecule has 2 N–H and O–H groups in total. The van der Waals surface area contributed by atoms with Gasteiger partial charge in [-0.15, -0.1) is 0 Å². The minimum Gasteiger partial charge on any atom is -0.467 e. The van der Waals surface area contributed by atoms with Crippen LogP contribution in [0.4, 0.5) is 4.79 Å². The molecule has 0 unspecified atom stereocenters. The van der Waals surface area contributed by atoms with E-state index >= 15 is 0 Å². The van der Waals surface area contributed by atoms with Crippen LogP contribution in [-0.2, 0) is 20.9 Å². The van der Waals surface area contributed by atoms with Crippen LogP contribution in [0.3, 0.4) is 0 Å². The van der Waals surface area contributed by atoms with E-state index in [-0.39, 0.29) is 13.0 Å². The SMILES string of the molecule is COC(=O)[C@@H](O)C[C@H](C)NC(=O)OCc1ccccc1. The largest absolute Gasteiger partial charge is 0.467 e.